The number of rotatable bonds is 2. The molecule has 0 unspecified atom stereocenters. The molecule has 4 heteroatoms. The first kappa shape index (κ1) is 9.27. The molecule has 14 heavy (non-hydrogen) atoms. The quantitative estimate of drug-likeness (QED) is 0.757. The Morgan fingerprint density at radius 2 is 2.14 bits per heavy atom. The summed E-state index contributed by atoms with van der Waals surface area (Å²) in [7, 11) is 5.66. The largest absolute Gasteiger partial charge is 0.497 e. The molecule has 74 valence electrons. The monoisotopic (exact) mass is 208 g/mol. The van der Waals surface area contributed by atoms with Crippen molar-refractivity contribution in [1.82, 2.24) is 4.98 Å². The van der Waals surface area contributed by atoms with Crippen molar-refractivity contribution in [3.63, 3.8) is 0 Å². The highest BCUT2D eigenvalue weighted by atomic mass is 32.1. The number of benzene rings is 1. The highest BCUT2D eigenvalue weighted by Crippen LogP contribution is 2.29. The molecule has 0 bridgehead atoms. The van der Waals surface area contributed by atoms with Crippen molar-refractivity contribution in [1.29, 1.82) is 0 Å². The van der Waals surface area contributed by atoms with Crippen molar-refractivity contribution in [2.24, 2.45) is 0 Å². The maximum atomic E-state index is 5.14. The molecule has 0 N–H and O–H groups in total. The minimum Gasteiger partial charge on any atom is -0.497 e. The smallest absolute Gasteiger partial charge is 0.185 e. The van der Waals surface area contributed by atoms with E-state index >= 15 is 0 Å². The lowest BCUT2D eigenvalue weighted by atomic mass is 10.3. The van der Waals surface area contributed by atoms with E-state index in [1.54, 1.807) is 18.4 Å². The number of methoxy groups -OCH3 is 1. The first-order chi connectivity index (χ1) is 6.70. The van der Waals surface area contributed by atoms with Crippen molar-refractivity contribution in [2.45, 2.75) is 0 Å². The molecule has 0 atom stereocenters. The van der Waals surface area contributed by atoms with Crippen LogP contribution in [0.3, 0.4) is 0 Å². The van der Waals surface area contributed by atoms with Gasteiger partial charge in [0.1, 0.15) is 5.75 Å². The van der Waals surface area contributed by atoms with Crippen molar-refractivity contribution < 1.29 is 4.74 Å². The first-order valence-corrected chi connectivity index (χ1v) is 5.14. The predicted molar refractivity (Wildman–Crippen MR) is 60.5 cm³/mol. The van der Waals surface area contributed by atoms with Crippen LogP contribution in [0.5, 0.6) is 5.75 Å². The van der Waals surface area contributed by atoms with Crippen LogP contribution in [0.2, 0.25) is 0 Å². The Hall–Kier alpha value is -1.29. The van der Waals surface area contributed by atoms with Crippen molar-refractivity contribution in [2.75, 3.05) is 26.1 Å². The van der Waals surface area contributed by atoms with Gasteiger partial charge in [-0.1, -0.05) is 11.3 Å². The van der Waals surface area contributed by atoms with Gasteiger partial charge in [-0.2, -0.15) is 0 Å². The third kappa shape index (κ3) is 1.53. The molecule has 0 aliphatic rings. The van der Waals surface area contributed by atoms with E-state index < -0.39 is 0 Å². The zero-order chi connectivity index (χ0) is 10.1. The molecule has 0 saturated heterocycles. The maximum Gasteiger partial charge on any atom is 0.185 e. The molecular formula is C10H12N2OS. The van der Waals surface area contributed by atoms with Crippen LogP contribution in [0.25, 0.3) is 10.2 Å². The van der Waals surface area contributed by atoms with Gasteiger partial charge in [-0.05, 0) is 12.1 Å². The Morgan fingerprint density at radius 1 is 1.36 bits per heavy atom. The van der Waals surface area contributed by atoms with Gasteiger partial charge in [-0.3, -0.25) is 0 Å². The highest BCUT2D eigenvalue weighted by Gasteiger charge is 2.05. The van der Waals surface area contributed by atoms with E-state index in [1.807, 2.05) is 37.2 Å². The summed E-state index contributed by atoms with van der Waals surface area (Å²) in [6.07, 6.45) is 0. The van der Waals surface area contributed by atoms with E-state index in [0.717, 1.165) is 16.4 Å². The van der Waals surface area contributed by atoms with Crippen LogP contribution in [0, 0.1) is 0 Å². The van der Waals surface area contributed by atoms with E-state index in [2.05, 4.69) is 4.98 Å². The van der Waals surface area contributed by atoms with Gasteiger partial charge >= 0.3 is 0 Å². The zero-order valence-corrected chi connectivity index (χ0v) is 9.26. The number of anilines is 1. The summed E-state index contributed by atoms with van der Waals surface area (Å²) >= 11 is 1.68. The minimum atomic E-state index is 0.855. The molecule has 0 aliphatic carbocycles. The van der Waals surface area contributed by atoms with E-state index in [-0.39, 0.29) is 0 Å². The van der Waals surface area contributed by atoms with Crippen LogP contribution in [0.15, 0.2) is 18.2 Å². The number of thiazole rings is 1. The van der Waals surface area contributed by atoms with Gasteiger partial charge in [0.05, 0.1) is 17.3 Å². The Labute approximate surface area is 86.9 Å². The lowest BCUT2D eigenvalue weighted by molar-refractivity contribution is 0.415. The average Bonchev–Trinajstić information content (AvgIpc) is 2.59. The summed E-state index contributed by atoms with van der Waals surface area (Å²) in [5.41, 5.74) is 0.998. The molecule has 1 aromatic carbocycles. The minimum absolute atomic E-state index is 0.855. The summed E-state index contributed by atoms with van der Waals surface area (Å²) in [6.45, 7) is 0. The summed E-state index contributed by atoms with van der Waals surface area (Å²) in [6, 6.07) is 5.96. The fraction of sp³-hybridized carbons (Fsp3) is 0.300. The van der Waals surface area contributed by atoms with Crippen molar-refractivity contribution in [3.05, 3.63) is 18.2 Å². The Morgan fingerprint density at radius 3 is 2.79 bits per heavy atom. The number of hydrogen-bond donors (Lipinski definition) is 0. The van der Waals surface area contributed by atoms with Crippen LogP contribution >= 0.6 is 11.3 Å². The molecule has 0 radical (unpaired) electrons. The molecule has 0 fully saturated rings. The molecule has 0 amide bonds. The third-order valence-corrected chi connectivity index (χ3v) is 3.17. The second-order valence-corrected chi connectivity index (χ2v) is 4.23. The van der Waals surface area contributed by atoms with Crippen molar-refractivity contribution in [3.8, 4) is 5.75 Å². The number of aromatic nitrogens is 1. The number of fused-ring (bicyclic) bond motifs is 1. The van der Waals surface area contributed by atoms with Gasteiger partial charge in [0, 0.05) is 20.2 Å². The average molecular weight is 208 g/mol. The highest BCUT2D eigenvalue weighted by molar-refractivity contribution is 7.22. The standard InChI is InChI=1S/C10H12N2OS/c1-12(2)10-11-8-6-7(13-3)4-5-9(8)14-10/h4-6H,1-3H3. The van der Waals surface area contributed by atoms with Crippen molar-refractivity contribution >= 4 is 26.7 Å². The molecule has 3 nitrogen and oxygen atoms in total. The van der Waals surface area contributed by atoms with Crippen LogP contribution < -0.4 is 9.64 Å². The maximum absolute atomic E-state index is 5.14. The normalized spacial score (nSPS) is 10.5. The first-order valence-electron chi connectivity index (χ1n) is 4.32. The lowest BCUT2D eigenvalue weighted by Gasteiger charge is -2.04. The van der Waals surface area contributed by atoms with Gasteiger partial charge < -0.3 is 9.64 Å². The topological polar surface area (TPSA) is 25.4 Å². The van der Waals surface area contributed by atoms with Gasteiger partial charge in [0.15, 0.2) is 5.13 Å². The van der Waals surface area contributed by atoms with Crippen LogP contribution in [-0.4, -0.2) is 26.2 Å². The van der Waals surface area contributed by atoms with Gasteiger partial charge in [-0.15, -0.1) is 0 Å². The predicted octanol–water partition coefficient (Wildman–Crippen LogP) is 2.37. The molecule has 2 rings (SSSR count). The van der Waals surface area contributed by atoms with Gasteiger partial charge in [0.2, 0.25) is 0 Å². The van der Waals surface area contributed by atoms with Crippen LogP contribution in [0.4, 0.5) is 5.13 Å². The van der Waals surface area contributed by atoms with E-state index in [9.17, 15) is 0 Å². The molecule has 0 aliphatic heterocycles. The van der Waals surface area contributed by atoms with E-state index in [1.165, 1.54) is 4.70 Å². The number of hydrogen-bond acceptors (Lipinski definition) is 4. The Kier molecular flexibility index (Phi) is 2.29. The second-order valence-electron chi connectivity index (χ2n) is 3.22. The number of ether oxygens (including phenoxy) is 1. The molecule has 1 heterocycles. The van der Waals surface area contributed by atoms with Gasteiger partial charge in [0.25, 0.3) is 0 Å². The molecule has 0 saturated carbocycles. The summed E-state index contributed by atoms with van der Waals surface area (Å²) < 4.78 is 6.33. The second kappa shape index (κ2) is 3.46. The summed E-state index contributed by atoms with van der Waals surface area (Å²) in [5.74, 6) is 0.855. The van der Waals surface area contributed by atoms with E-state index in [0.29, 0.717) is 0 Å². The molecule has 2 aromatic rings. The fourth-order valence-corrected chi connectivity index (χ4v) is 2.08. The SMILES string of the molecule is COc1ccc2sc(N(C)C)nc2c1. The summed E-state index contributed by atoms with van der Waals surface area (Å²) in [4.78, 5) is 6.50. The number of nitrogens with zero attached hydrogens (tertiary/aromatic N) is 2. The molecule has 1 aromatic heterocycles. The van der Waals surface area contributed by atoms with E-state index in [4.69, 9.17) is 4.74 Å². The lowest BCUT2D eigenvalue weighted by Crippen LogP contribution is -2.07. The van der Waals surface area contributed by atoms with Gasteiger partial charge in [-0.25, -0.2) is 4.98 Å². The molecule has 0 spiro atoms. The van der Waals surface area contributed by atoms with Crippen LogP contribution in [0.1, 0.15) is 0 Å². The molecular weight excluding hydrogens is 196 g/mol. The zero-order valence-electron chi connectivity index (χ0n) is 8.44. The fourth-order valence-electron chi connectivity index (χ4n) is 1.21. The Bertz CT molecular complexity index is 450. The summed E-state index contributed by atoms with van der Waals surface area (Å²) in [5, 5.41) is 1.02. The third-order valence-electron chi connectivity index (χ3n) is 1.97. The Balaban J connectivity index is 2.54. The van der Waals surface area contributed by atoms with Crippen LogP contribution in [-0.2, 0) is 0 Å².